The van der Waals surface area contributed by atoms with E-state index in [4.69, 9.17) is 5.11 Å². The molecule has 2 aromatic heterocycles. The van der Waals surface area contributed by atoms with Gasteiger partial charge in [0.2, 0.25) is 0 Å². The summed E-state index contributed by atoms with van der Waals surface area (Å²) in [5, 5.41) is 8.87. The molecular formula is C17H15FN4O2. The summed E-state index contributed by atoms with van der Waals surface area (Å²) in [7, 11) is 0. The van der Waals surface area contributed by atoms with Crippen molar-refractivity contribution in [3.8, 4) is 0 Å². The average Bonchev–Trinajstić information content (AvgIpc) is 3.15. The first-order chi connectivity index (χ1) is 11.6. The number of allylic oxidation sites excluding steroid dienone is 1. The Hall–Kier alpha value is -2.83. The van der Waals surface area contributed by atoms with Crippen LogP contribution in [0.3, 0.4) is 0 Å². The first-order valence-corrected chi connectivity index (χ1v) is 7.80. The molecule has 0 fully saturated rings. The molecule has 7 heteroatoms. The van der Waals surface area contributed by atoms with Gasteiger partial charge >= 0.3 is 5.97 Å². The second kappa shape index (κ2) is 5.67. The number of halogens is 1. The van der Waals surface area contributed by atoms with Gasteiger partial charge in [0.25, 0.3) is 0 Å². The van der Waals surface area contributed by atoms with Crippen LogP contribution in [0, 0.1) is 5.82 Å². The van der Waals surface area contributed by atoms with E-state index in [9.17, 15) is 9.18 Å². The monoisotopic (exact) mass is 326 g/mol. The molecule has 3 heterocycles. The van der Waals surface area contributed by atoms with Crippen molar-refractivity contribution in [2.45, 2.75) is 19.3 Å². The number of fused-ring (bicyclic) bond motifs is 2. The van der Waals surface area contributed by atoms with Gasteiger partial charge in [0.1, 0.15) is 11.6 Å². The van der Waals surface area contributed by atoms with Gasteiger partial charge in [-0.25, -0.2) is 14.4 Å². The predicted molar refractivity (Wildman–Crippen MR) is 85.2 cm³/mol. The fraction of sp³-hybridized carbons (Fsp3) is 0.294. The van der Waals surface area contributed by atoms with Crippen LogP contribution < -0.4 is 4.90 Å². The minimum atomic E-state index is -0.827. The highest BCUT2D eigenvalue weighted by Gasteiger charge is 2.25. The van der Waals surface area contributed by atoms with Crippen molar-refractivity contribution in [3.05, 3.63) is 53.0 Å². The van der Waals surface area contributed by atoms with Gasteiger partial charge in [-0.15, -0.1) is 0 Å². The van der Waals surface area contributed by atoms with Gasteiger partial charge in [-0.2, -0.15) is 0 Å². The number of pyridine rings is 1. The maximum atomic E-state index is 13.5. The molecule has 1 aliphatic carbocycles. The summed E-state index contributed by atoms with van der Waals surface area (Å²) in [5.41, 5.74) is 3.34. The minimum absolute atomic E-state index is 0.0689. The molecule has 0 spiro atoms. The molecule has 2 aromatic rings. The van der Waals surface area contributed by atoms with Crippen molar-refractivity contribution < 1.29 is 14.3 Å². The van der Waals surface area contributed by atoms with E-state index in [2.05, 4.69) is 15.0 Å². The second-order valence-corrected chi connectivity index (χ2v) is 5.89. The van der Waals surface area contributed by atoms with E-state index >= 15 is 0 Å². The summed E-state index contributed by atoms with van der Waals surface area (Å²) >= 11 is 0. The molecule has 2 aliphatic rings. The Morgan fingerprint density at radius 2 is 2.21 bits per heavy atom. The van der Waals surface area contributed by atoms with Gasteiger partial charge in [0.05, 0.1) is 18.3 Å². The fourth-order valence-electron chi connectivity index (χ4n) is 3.17. The molecule has 122 valence electrons. The van der Waals surface area contributed by atoms with Crippen molar-refractivity contribution in [2.24, 2.45) is 0 Å². The predicted octanol–water partition coefficient (Wildman–Crippen LogP) is 1.84. The Morgan fingerprint density at radius 3 is 3.04 bits per heavy atom. The molecule has 1 N–H and O–H groups in total. The van der Waals surface area contributed by atoms with Crippen LogP contribution >= 0.6 is 0 Å². The van der Waals surface area contributed by atoms with Gasteiger partial charge in [-0.1, -0.05) is 6.08 Å². The molecule has 0 atom stereocenters. The zero-order valence-corrected chi connectivity index (χ0v) is 12.9. The van der Waals surface area contributed by atoms with Crippen LogP contribution in [0.25, 0.3) is 5.57 Å². The smallest absolute Gasteiger partial charge is 0.305 e. The Bertz CT molecular complexity index is 866. The summed E-state index contributed by atoms with van der Waals surface area (Å²) < 4.78 is 13.5. The molecule has 0 unspecified atom stereocenters. The van der Waals surface area contributed by atoms with E-state index in [1.54, 1.807) is 6.20 Å². The SMILES string of the molecule is O=C(O)CCN1CCc2cnc(C3=CCc4ncc(F)cc43)nc21. The molecule has 1 aliphatic heterocycles. The standard InChI is InChI=1S/C17H15FN4O2/c18-11-7-13-12(1-2-14(13)19-9-11)16-20-8-10-3-5-22(17(10)21-16)6-4-15(23)24/h1,7-9H,2-6H2,(H,23,24). The average molecular weight is 326 g/mol. The third-order valence-corrected chi connectivity index (χ3v) is 4.36. The lowest BCUT2D eigenvalue weighted by molar-refractivity contribution is -0.136. The Labute approximate surface area is 137 Å². The lowest BCUT2D eigenvalue weighted by atomic mass is 10.1. The number of carbonyl (C=O) groups is 1. The van der Waals surface area contributed by atoms with Crippen LogP contribution in [-0.2, 0) is 17.6 Å². The molecule has 0 amide bonds. The van der Waals surface area contributed by atoms with Crippen molar-refractivity contribution in [3.63, 3.8) is 0 Å². The Balaban J connectivity index is 1.67. The maximum absolute atomic E-state index is 13.5. The molecule has 4 rings (SSSR count). The lowest BCUT2D eigenvalue weighted by Crippen LogP contribution is -2.24. The quantitative estimate of drug-likeness (QED) is 0.923. The molecule has 24 heavy (non-hydrogen) atoms. The number of aromatic nitrogens is 3. The number of aliphatic carboxylic acids is 1. The number of hydrogen-bond acceptors (Lipinski definition) is 5. The maximum Gasteiger partial charge on any atom is 0.305 e. The normalized spacial score (nSPS) is 15.2. The number of rotatable bonds is 4. The van der Waals surface area contributed by atoms with Crippen LogP contribution in [0.5, 0.6) is 0 Å². The molecule has 0 aromatic carbocycles. The van der Waals surface area contributed by atoms with Crippen LogP contribution in [0.15, 0.2) is 24.5 Å². The number of hydrogen-bond donors (Lipinski definition) is 1. The lowest BCUT2D eigenvalue weighted by Gasteiger charge is -2.17. The minimum Gasteiger partial charge on any atom is -0.481 e. The van der Waals surface area contributed by atoms with Crippen LogP contribution in [0.1, 0.15) is 29.1 Å². The molecule has 0 radical (unpaired) electrons. The molecule has 0 saturated carbocycles. The Kier molecular flexibility index (Phi) is 3.48. The summed E-state index contributed by atoms with van der Waals surface area (Å²) in [6.07, 6.45) is 6.46. The van der Waals surface area contributed by atoms with Crippen LogP contribution in [0.4, 0.5) is 10.2 Å². The zero-order valence-electron chi connectivity index (χ0n) is 12.9. The zero-order chi connectivity index (χ0) is 16.7. The summed E-state index contributed by atoms with van der Waals surface area (Å²) in [5.74, 6) is 0.0968. The van der Waals surface area contributed by atoms with Gasteiger partial charge in [0.15, 0.2) is 5.82 Å². The van der Waals surface area contributed by atoms with E-state index in [-0.39, 0.29) is 12.2 Å². The summed E-state index contributed by atoms with van der Waals surface area (Å²) in [6.45, 7) is 1.16. The van der Waals surface area contributed by atoms with Gasteiger partial charge in [-0.3, -0.25) is 9.78 Å². The first kappa shape index (κ1) is 14.7. The van der Waals surface area contributed by atoms with Gasteiger partial charge < -0.3 is 10.0 Å². The Morgan fingerprint density at radius 1 is 1.33 bits per heavy atom. The van der Waals surface area contributed by atoms with Crippen LogP contribution in [0.2, 0.25) is 0 Å². The summed E-state index contributed by atoms with van der Waals surface area (Å²) in [4.78, 5) is 25.9. The van der Waals surface area contributed by atoms with E-state index in [1.807, 2.05) is 11.0 Å². The highest BCUT2D eigenvalue weighted by Crippen LogP contribution is 2.33. The number of carboxylic acid groups (broad SMARTS) is 1. The molecule has 0 saturated heterocycles. The summed E-state index contributed by atoms with van der Waals surface area (Å²) in [6, 6.07) is 1.46. The third kappa shape index (κ3) is 2.51. The number of nitrogens with zero attached hydrogens (tertiary/aromatic N) is 4. The van der Waals surface area contributed by atoms with Crippen molar-refractivity contribution in [1.29, 1.82) is 0 Å². The molecule has 0 bridgehead atoms. The number of carboxylic acids is 1. The molecule has 6 nitrogen and oxygen atoms in total. The van der Waals surface area contributed by atoms with E-state index < -0.39 is 5.97 Å². The fourth-order valence-corrected chi connectivity index (χ4v) is 3.17. The first-order valence-electron chi connectivity index (χ1n) is 7.80. The number of anilines is 1. The van der Waals surface area contributed by atoms with Gasteiger partial charge in [-0.05, 0) is 12.5 Å². The van der Waals surface area contributed by atoms with Crippen LogP contribution in [-0.4, -0.2) is 39.1 Å². The van der Waals surface area contributed by atoms with E-state index in [0.29, 0.717) is 18.8 Å². The largest absolute Gasteiger partial charge is 0.481 e. The highest BCUT2D eigenvalue weighted by molar-refractivity contribution is 5.81. The third-order valence-electron chi connectivity index (χ3n) is 4.36. The highest BCUT2D eigenvalue weighted by atomic mass is 19.1. The second-order valence-electron chi connectivity index (χ2n) is 5.89. The van der Waals surface area contributed by atoms with Gasteiger partial charge in [0, 0.05) is 42.4 Å². The molecular weight excluding hydrogens is 311 g/mol. The van der Waals surface area contributed by atoms with Crippen molar-refractivity contribution in [2.75, 3.05) is 18.0 Å². The van der Waals surface area contributed by atoms with E-state index in [1.165, 1.54) is 12.3 Å². The van der Waals surface area contributed by atoms with E-state index in [0.717, 1.165) is 41.2 Å². The topological polar surface area (TPSA) is 79.2 Å². The van der Waals surface area contributed by atoms with Crippen molar-refractivity contribution >= 4 is 17.4 Å². The van der Waals surface area contributed by atoms with Crippen molar-refractivity contribution in [1.82, 2.24) is 15.0 Å².